The molecule has 0 saturated heterocycles. The Kier molecular flexibility index (Phi) is 2.13. The van der Waals surface area contributed by atoms with Gasteiger partial charge in [-0.2, -0.15) is 4.39 Å². The monoisotopic (exact) mass is 171 g/mol. The van der Waals surface area contributed by atoms with Gasteiger partial charge >= 0.3 is 0 Å². The van der Waals surface area contributed by atoms with E-state index in [4.69, 9.17) is 0 Å². The van der Waals surface area contributed by atoms with E-state index in [9.17, 15) is 8.78 Å². The third-order valence-corrected chi connectivity index (χ3v) is 1.60. The van der Waals surface area contributed by atoms with Gasteiger partial charge < -0.3 is 0 Å². The molecule has 0 unspecified atom stereocenters. The van der Waals surface area contributed by atoms with E-state index >= 15 is 0 Å². The van der Waals surface area contributed by atoms with E-state index in [1.807, 2.05) is 0 Å². The fourth-order valence-electron chi connectivity index (χ4n) is 1.08. The molecule has 0 spiro atoms. The molecule has 0 N–H and O–H groups in total. The van der Waals surface area contributed by atoms with E-state index in [2.05, 4.69) is 4.98 Å². The minimum Gasteiger partial charge on any atom is -0.228 e. The summed E-state index contributed by atoms with van der Waals surface area (Å²) in [6.45, 7) is 5.24. The minimum absolute atomic E-state index is 0.0463. The summed E-state index contributed by atoms with van der Waals surface area (Å²) < 4.78 is 26.1. The van der Waals surface area contributed by atoms with Crippen molar-refractivity contribution in [3.63, 3.8) is 0 Å². The van der Waals surface area contributed by atoms with Gasteiger partial charge in [-0.1, -0.05) is 20.8 Å². The molecule has 1 aromatic heterocycles. The molecule has 3 heteroatoms. The Morgan fingerprint density at radius 2 is 1.83 bits per heavy atom. The fourth-order valence-corrected chi connectivity index (χ4v) is 1.08. The van der Waals surface area contributed by atoms with Crippen LogP contribution in [0.15, 0.2) is 12.3 Å². The molecule has 12 heavy (non-hydrogen) atoms. The summed E-state index contributed by atoms with van der Waals surface area (Å²) in [5, 5.41) is 0. The zero-order valence-electron chi connectivity index (χ0n) is 7.36. The van der Waals surface area contributed by atoms with Crippen LogP contribution in [0.4, 0.5) is 8.78 Å². The molecule has 0 atom stereocenters. The second-order valence-electron chi connectivity index (χ2n) is 3.71. The van der Waals surface area contributed by atoms with E-state index in [0.29, 0.717) is 0 Å². The fraction of sp³-hybridized carbons (Fsp3) is 0.444. The van der Waals surface area contributed by atoms with Crippen LogP contribution in [-0.2, 0) is 5.41 Å². The van der Waals surface area contributed by atoms with Crippen LogP contribution < -0.4 is 0 Å². The first-order chi connectivity index (χ1) is 5.43. The van der Waals surface area contributed by atoms with Crippen LogP contribution >= 0.6 is 0 Å². The molecule has 0 aliphatic heterocycles. The summed E-state index contributed by atoms with van der Waals surface area (Å²) in [4.78, 5) is 3.40. The molecule has 1 aromatic rings. The summed E-state index contributed by atoms with van der Waals surface area (Å²) in [7, 11) is 0. The Morgan fingerprint density at radius 3 is 2.17 bits per heavy atom. The predicted molar refractivity (Wildman–Crippen MR) is 42.9 cm³/mol. The minimum atomic E-state index is -0.720. The van der Waals surface area contributed by atoms with Crippen molar-refractivity contribution >= 4 is 0 Å². The Labute approximate surface area is 70.4 Å². The molecular formula is C9H11F2N. The topological polar surface area (TPSA) is 12.9 Å². The molecule has 0 aliphatic rings. The van der Waals surface area contributed by atoms with Crippen molar-refractivity contribution in [3.05, 3.63) is 29.6 Å². The van der Waals surface area contributed by atoms with E-state index in [1.54, 1.807) is 20.8 Å². The number of pyridine rings is 1. The normalized spacial score (nSPS) is 11.8. The molecule has 0 saturated carbocycles. The molecule has 0 radical (unpaired) electrons. The smallest absolute Gasteiger partial charge is 0.219 e. The van der Waals surface area contributed by atoms with Crippen LogP contribution in [0.1, 0.15) is 26.3 Å². The molecule has 0 amide bonds. The van der Waals surface area contributed by atoms with Crippen LogP contribution in [0.2, 0.25) is 0 Å². The average Bonchev–Trinajstić information content (AvgIpc) is 1.82. The lowest BCUT2D eigenvalue weighted by molar-refractivity contribution is 0.457. The van der Waals surface area contributed by atoms with Crippen LogP contribution in [0.5, 0.6) is 0 Å². The highest BCUT2D eigenvalue weighted by molar-refractivity contribution is 5.21. The van der Waals surface area contributed by atoms with Crippen LogP contribution in [-0.4, -0.2) is 4.98 Å². The number of hydrogen-bond donors (Lipinski definition) is 0. The maximum absolute atomic E-state index is 13.1. The van der Waals surface area contributed by atoms with Gasteiger partial charge in [-0.3, -0.25) is 0 Å². The zero-order chi connectivity index (χ0) is 9.35. The molecule has 0 aliphatic carbocycles. The van der Waals surface area contributed by atoms with Gasteiger partial charge in [-0.25, -0.2) is 9.37 Å². The lowest BCUT2D eigenvalue weighted by Gasteiger charge is -2.19. The first kappa shape index (κ1) is 9.10. The van der Waals surface area contributed by atoms with E-state index in [1.165, 1.54) is 6.07 Å². The van der Waals surface area contributed by atoms with E-state index in [0.717, 1.165) is 6.20 Å². The average molecular weight is 171 g/mol. The quantitative estimate of drug-likeness (QED) is 0.547. The van der Waals surface area contributed by atoms with E-state index in [-0.39, 0.29) is 5.56 Å². The maximum atomic E-state index is 13.1. The molecule has 1 nitrogen and oxygen atoms in total. The first-order valence-corrected chi connectivity index (χ1v) is 3.73. The number of aromatic nitrogens is 1. The molecule has 66 valence electrons. The molecule has 0 bridgehead atoms. The third-order valence-electron chi connectivity index (χ3n) is 1.60. The standard InChI is InChI=1S/C9H11F2N/c1-9(2,3)7-6(10)4-5-12-8(7)11/h4-5H,1-3H3. The number of nitrogens with zero attached hydrogens (tertiary/aromatic N) is 1. The third kappa shape index (κ3) is 1.60. The van der Waals surface area contributed by atoms with Crippen molar-refractivity contribution in [2.75, 3.05) is 0 Å². The highest BCUT2D eigenvalue weighted by Gasteiger charge is 2.23. The predicted octanol–water partition coefficient (Wildman–Crippen LogP) is 2.66. The molecule has 0 aromatic carbocycles. The molecule has 1 rings (SSSR count). The van der Waals surface area contributed by atoms with Gasteiger partial charge in [-0.05, 0) is 11.5 Å². The maximum Gasteiger partial charge on any atom is 0.219 e. The molecule has 0 fully saturated rings. The van der Waals surface area contributed by atoms with Crippen molar-refractivity contribution in [2.24, 2.45) is 0 Å². The van der Waals surface area contributed by atoms with Crippen LogP contribution in [0, 0.1) is 11.8 Å². The lowest BCUT2D eigenvalue weighted by atomic mass is 9.87. The van der Waals surface area contributed by atoms with Gasteiger partial charge in [-0.15, -0.1) is 0 Å². The summed E-state index contributed by atoms with van der Waals surface area (Å²) in [6.07, 6.45) is 1.12. The summed E-state index contributed by atoms with van der Waals surface area (Å²) >= 11 is 0. The van der Waals surface area contributed by atoms with Crippen LogP contribution in [0.3, 0.4) is 0 Å². The summed E-state index contributed by atoms with van der Waals surface area (Å²) in [6, 6.07) is 1.17. The van der Waals surface area contributed by atoms with Gasteiger partial charge in [0.15, 0.2) is 0 Å². The second kappa shape index (κ2) is 2.81. The van der Waals surface area contributed by atoms with Gasteiger partial charge in [0.2, 0.25) is 5.95 Å². The number of rotatable bonds is 0. The highest BCUT2D eigenvalue weighted by Crippen LogP contribution is 2.25. The molecular weight excluding hydrogens is 160 g/mol. The Balaban J connectivity index is 3.31. The molecule has 1 heterocycles. The van der Waals surface area contributed by atoms with Crippen molar-refractivity contribution in [1.29, 1.82) is 0 Å². The van der Waals surface area contributed by atoms with Gasteiger partial charge in [0, 0.05) is 11.8 Å². The van der Waals surface area contributed by atoms with Crippen molar-refractivity contribution < 1.29 is 8.78 Å². The zero-order valence-corrected chi connectivity index (χ0v) is 7.36. The Hall–Kier alpha value is -0.990. The lowest BCUT2D eigenvalue weighted by Crippen LogP contribution is -2.16. The summed E-state index contributed by atoms with van der Waals surface area (Å²) in [5.74, 6) is -1.25. The van der Waals surface area contributed by atoms with Crippen LogP contribution in [0.25, 0.3) is 0 Å². The highest BCUT2D eigenvalue weighted by atomic mass is 19.1. The SMILES string of the molecule is CC(C)(C)c1c(F)ccnc1F. The largest absolute Gasteiger partial charge is 0.228 e. The number of hydrogen-bond acceptors (Lipinski definition) is 1. The Bertz CT molecular complexity index is 269. The first-order valence-electron chi connectivity index (χ1n) is 3.73. The van der Waals surface area contributed by atoms with Crippen molar-refractivity contribution in [1.82, 2.24) is 4.98 Å². The van der Waals surface area contributed by atoms with E-state index < -0.39 is 17.2 Å². The van der Waals surface area contributed by atoms with Gasteiger partial charge in [0.05, 0.1) is 0 Å². The second-order valence-corrected chi connectivity index (χ2v) is 3.71. The number of halogens is 2. The van der Waals surface area contributed by atoms with Crippen molar-refractivity contribution in [2.45, 2.75) is 26.2 Å². The van der Waals surface area contributed by atoms with Gasteiger partial charge in [0.25, 0.3) is 0 Å². The van der Waals surface area contributed by atoms with Gasteiger partial charge in [0.1, 0.15) is 5.82 Å². The summed E-state index contributed by atoms with van der Waals surface area (Å²) in [5.41, 5.74) is -0.493. The Morgan fingerprint density at radius 1 is 1.25 bits per heavy atom. The van der Waals surface area contributed by atoms with Crippen molar-refractivity contribution in [3.8, 4) is 0 Å².